The Balaban J connectivity index is 0.000000195. The molecule has 2 aromatic carbocycles. The number of fused-ring (bicyclic) bond motifs is 2. The van der Waals surface area contributed by atoms with Crippen molar-refractivity contribution in [3.05, 3.63) is 79.5 Å². The van der Waals surface area contributed by atoms with Gasteiger partial charge in [-0.3, -0.25) is 10.1 Å². The molecule has 0 amide bonds. The summed E-state index contributed by atoms with van der Waals surface area (Å²) in [4.78, 5) is 36.4. The summed E-state index contributed by atoms with van der Waals surface area (Å²) < 4.78 is 5.21. The van der Waals surface area contributed by atoms with Gasteiger partial charge >= 0.3 is 0 Å². The molecule has 6 aromatic rings. The summed E-state index contributed by atoms with van der Waals surface area (Å²) in [6, 6.07) is 18.4. The van der Waals surface area contributed by atoms with E-state index >= 15 is 0 Å². The van der Waals surface area contributed by atoms with Crippen LogP contribution in [0, 0.1) is 46.6 Å². The maximum Gasteiger partial charge on any atom is 0.269 e. The number of hydrogen-bond donors (Lipinski definition) is 0. The van der Waals surface area contributed by atoms with E-state index in [0.717, 1.165) is 74.1 Å². The van der Waals surface area contributed by atoms with Crippen LogP contribution < -0.4 is 14.5 Å². The molecular weight excluding hydrogens is 671 g/mol. The first-order valence-corrected chi connectivity index (χ1v) is 17.5. The summed E-state index contributed by atoms with van der Waals surface area (Å²) in [5, 5.41) is 31.4. The number of nitrogens with zero attached hydrogens (tertiary/aromatic N) is 9. The highest BCUT2D eigenvalue weighted by Gasteiger charge is 2.21. The molecule has 50 heavy (non-hydrogen) atoms. The topological polar surface area (TPSA) is 158 Å². The molecule has 0 N–H and O–H groups in total. The van der Waals surface area contributed by atoms with Crippen molar-refractivity contribution >= 4 is 60.4 Å². The number of hydrogen-bond acceptors (Lipinski definition) is 13. The Bertz CT molecular complexity index is 2260. The first-order valence-electron chi connectivity index (χ1n) is 15.9. The Morgan fingerprint density at radius 1 is 0.760 bits per heavy atom. The smallest absolute Gasteiger partial charge is 0.269 e. The van der Waals surface area contributed by atoms with Gasteiger partial charge in [0.15, 0.2) is 11.6 Å². The third-order valence-corrected chi connectivity index (χ3v) is 10.5. The molecule has 14 heteroatoms. The molecule has 0 radical (unpaired) electrons. The van der Waals surface area contributed by atoms with E-state index in [4.69, 9.17) is 19.7 Å². The molecule has 0 bridgehead atoms. The summed E-state index contributed by atoms with van der Waals surface area (Å²) in [5.41, 5.74) is 3.50. The van der Waals surface area contributed by atoms with E-state index in [9.17, 15) is 20.6 Å². The van der Waals surface area contributed by atoms with Gasteiger partial charge in [0.2, 0.25) is 0 Å². The predicted octanol–water partition coefficient (Wildman–Crippen LogP) is 8.30. The second-order valence-electron chi connectivity index (χ2n) is 11.2. The monoisotopic (exact) mass is 705 g/mol. The van der Waals surface area contributed by atoms with E-state index in [1.807, 2.05) is 45.2 Å². The minimum Gasteiger partial charge on any atom is -0.497 e. The van der Waals surface area contributed by atoms with Gasteiger partial charge in [0, 0.05) is 49.9 Å². The Kier molecular flexibility index (Phi) is 10.9. The van der Waals surface area contributed by atoms with Crippen LogP contribution in [0.15, 0.2) is 48.5 Å². The van der Waals surface area contributed by atoms with E-state index in [1.54, 1.807) is 19.2 Å². The lowest BCUT2D eigenvalue weighted by Gasteiger charge is -2.21. The SMILES string of the molecule is CCN(C)c1nc(-c2ccc(OC)cc2)nc2sc(C#N)c(C)c12.CCN(CC)c1nc(-c2ccc([N+](=O)[O-])cc2)nc2sc(C#N)c(C)c12. The van der Waals surface area contributed by atoms with Gasteiger partial charge in [-0.05, 0) is 82.1 Å². The molecule has 0 aliphatic carbocycles. The summed E-state index contributed by atoms with van der Waals surface area (Å²) in [6.45, 7) is 12.4. The van der Waals surface area contributed by atoms with E-state index in [1.165, 1.54) is 34.8 Å². The van der Waals surface area contributed by atoms with E-state index in [-0.39, 0.29) is 5.69 Å². The lowest BCUT2D eigenvalue weighted by molar-refractivity contribution is -0.384. The fraction of sp³-hybridized carbons (Fsp3) is 0.278. The number of methoxy groups -OCH3 is 1. The third-order valence-electron chi connectivity index (χ3n) is 8.33. The van der Waals surface area contributed by atoms with Crippen molar-refractivity contribution in [3.63, 3.8) is 0 Å². The molecule has 6 rings (SSSR count). The lowest BCUT2D eigenvalue weighted by atomic mass is 10.1. The number of anilines is 2. The maximum absolute atomic E-state index is 10.9. The maximum atomic E-state index is 10.9. The molecule has 4 heterocycles. The number of nitriles is 2. The van der Waals surface area contributed by atoms with Crippen molar-refractivity contribution in [1.29, 1.82) is 10.5 Å². The minimum atomic E-state index is -0.434. The number of ether oxygens (including phenoxy) is 1. The van der Waals surface area contributed by atoms with Gasteiger partial charge in [-0.15, -0.1) is 22.7 Å². The van der Waals surface area contributed by atoms with Gasteiger partial charge < -0.3 is 14.5 Å². The number of aryl methyl sites for hydroxylation is 2. The van der Waals surface area contributed by atoms with Crippen LogP contribution in [0.4, 0.5) is 17.3 Å². The Labute approximate surface area is 298 Å². The van der Waals surface area contributed by atoms with Gasteiger partial charge in [0.1, 0.15) is 48.9 Å². The highest BCUT2D eigenvalue weighted by molar-refractivity contribution is 7.19. The number of benzene rings is 2. The first-order chi connectivity index (χ1) is 24.1. The lowest BCUT2D eigenvalue weighted by Crippen LogP contribution is -2.23. The fourth-order valence-electron chi connectivity index (χ4n) is 5.36. The van der Waals surface area contributed by atoms with Gasteiger partial charge in [-0.2, -0.15) is 10.5 Å². The summed E-state index contributed by atoms with van der Waals surface area (Å²) >= 11 is 2.77. The van der Waals surface area contributed by atoms with E-state index < -0.39 is 4.92 Å². The van der Waals surface area contributed by atoms with Crippen molar-refractivity contribution in [1.82, 2.24) is 19.9 Å². The molecule has 12 nitrogen and oxygen atoms in total. The van der Waals surface area contributed by atoms with Crippen molar-refractivity contribution in [2.24, 2.45) is 0 Å². The molecular formula is C36H35N9O3S2. The molecule has 0 spiro atoms. The standard InChI is InChI=1S/C18H17N5O2S.C18H18N4OS/c1-4-22(5-2)17-15-11(3)14(10-19)26-18(15)21-16(20-17)12-6-8-13(9-7-12)23(24)25;1-5-22(3)17-15-11(2)14(10-19)24-18(15)21-16(20-17)12-6-8-13(23-4)9-7-12/h6-9H,4-5H2,1-3H3;6-9H,5H2,1-4H3. The van der Waals surface area contributed by atoms with Crippen molar-refractivity contribution < 1.29 is 9.66 Å². The largest absolute Gasteiger partial charge is 0.497 e. The van der Waals surface area contributed by atoms with Crippen molar-refractivity contribution in [2.45, 2.75) is 34.6 Å². The van der Waals surface area contributed by atoms with Gasteiger partial charge in [0.05, 0.1) is 22.8 Å². The van der Waals surface area contributed by atoms with Gasteiger partial charge in [-0.25, -0.2) is 19.9 Å². The van der Waals surface area contributed by atoms with E-state index in [2.05, 4.69) is 47.7 Å². The molecule has 0 saturated heterocycles. The zero-order chi connectivity index (χ0) is 36.1. The van der Waals surface area contributed by atoms with Crippen LogP contribution in [0.2, 0.25) is 0 Å². The average Bonchev–Trinajstić information content (AvgIpc) is 3.66. The summed E-state index contributed by atoms with van der Waals surface area (Å²) in [5.74, 6) is 3.61. The second kappa shape index (κ2) is 15.2. The van der Waals surface area contributed by atoms with Crippen LogP contribution in [-0.4, -0.2) is 58.7 Å². The third kappa shape index (κ3) is 6.89. The Morgan fingerprint density at radius 2 is 1.22 bits per heavy atom. The average molecular weight is 706 g/mol. The van der Waals surface area contributed by atoms with Crippen LogP contribution in [0.1, 0.15) is 41.7 Å². The van der Waals surface area contributed by atoms with Crippen LogP contribution in [-0.2, 0) is 0 Å². The molecule has 0 fully saturated rings. The molecule has 0 unspecified atom stereocenters. The van der Waals surface area contributed by atoms with Gasteiger partial charge in [-0.1, -0.05) is 0 Å². The molecule has 0 aliphatic rings. The molecule has 0 aliphatic heterocycles. The molecule has 0 saturated carbocycles. The number of rotatable bonds is 9. The van der Waals surface area contributed by atoms with Crippen molar-refractivity contribution in [2.75, 3.05) is 43.6 Å². The number of aromatic nitrogens is 4. The second-order valence-corrected chi connectivity index (χ2v) is 13.2. The van der Waals surface area contributed by atoms with Crippen LogP contribution >= 0.6 is 22.7 Å². The highest BCUT2D eigenvalue weighted by atomic mass is 32.1. The van der Waals surface area contributed by atoms with E-state index in [0.29, 0.717) is 27.0 Å². The Morgan fingerprint density at radius 3 is 1.64 bits per heavy atom. The highest BCUT2D eigenvalue weighted by Crippen LogP contribution is 2.38. The molecule has 4 aromatic heterocycles. The van der Waals surface area contributed by atoms with Crippen LogP contribution in [0.3, 0.4) is 0 Å². The fourth-order valence-corrected chi connectivity index (χ4v) is 7.30. The zero-order valence-electron chi connectivity index (χ0n) is 28.8. The Hall–Kier alpha value is -5.70. The molecule has 0 atom stereocenters. The van der Waals surface area contributed by atoms with Gasteiger partial charge in [0.25, 0.3) is 5.69 Å². The first kappa shape index (κ1) is 35.6. The number of nitro groups is 1. The summed E-state index contributed by atoms with van der Waals surface area (Å²) in [7, 11) is 3.65. The van der Waals surface area contributed by atoms with Crippen LogP contribution in [0.25, 0.3) is 43.2 Å². The zero-order valence-corrected chi connectivity index (χ0v) is 30.4. The number of thiophene rings is 2. The van der Waals surface area contributed by atoms with Crippen LogP contribution in [0.5, 0.6) is 5.75 Å². The molecule has 254 valence electrons. The number of non-ortho nitro benzene ring substituents is 1. The minimum absolute atomic E-state index is 0.0255. The van der Waals surface area contributed by atoms with Crippen molar-refractivity contribution in [3.8, 4) is 40.7 Å². The predicted molar refractivity (Wildman–Crippen MR) is 200 cm³/mol. The number of nitro benzene ring substituents is 1. The normalized spacial score (nSPS) is 10.7. The quantitative estimate of drug-likeness (QED) is 0.105. The summed E-state index contributed by atoms with van der Waals surface area (Å²) in [6.07, 6.45) is 0.